The molecular formula is C18H12F3N3OS. The number of hydrogen-bond acceptors (Lipinski definition) is 4. The van der Waals surface area contributed by atoms with E-state index in [1.54, 1.807) is 0 Å². The van der Waals surface area contributed by atoms with Gasteiger partial charge in [0.1, 0.15) is 10.9 Å². The highest BCUT2D eigenvalue weighted by atomic mass is 32.1. The lowest BCUT2D eigenvalue weighted by Crippen LogP contribution is -2.11. The van der Waals surface area contributed by atoms with Crippen LogP contribution in [-0.4, -0.2) is 9.97 Å². The second-order valence-corrected chi connectivity index (χ2v) is 6.87. The summed E-state index contributed by atoms with van der Waals surface area (Å²) in [6.45, 7) is 3.68. The first kappa shape index (κ1) is 17.9. The Morgan fingerprint density at radius 1 is 1.35 bits per heavy atom. The summed E-state index contributed by atoms with van der Waals surface area (Å²) < 4.78 is 38.5. The Balaban J connectivity index is 2.13. The van der Waals surface area contributed by atoms with Gasteiger partial charge in [-0.1, -0.05) is 12.1 Å². The monoisotopic (exact) mass is 375 g/mol. The number of H-pyrrole nitrogens is 1. The molecule has 0 amide bonds. The molecule has 0 radical (unpaired) electrons. The summed E-state index contributed by atoms with van der Waals surface area (Å²) in [5, 5.41) is 9.86. The number of thiophene rings is 1. The van der Waals surface area contributed by atoms with Gasteiger partial charge in [-0.15, -0.1) is 11.3 Å². The molecule has 132 valence electrons. The topological polar surface area (TPSA) is 69.5 Å². The lowest BCUT2D eigenvalue weighted by Gasteiger charge is -2.07. The lowest BCUT2D eigenvalue weighted by atomic mass is 10.1. The molecule has 0 saturated heterocycles. The standard InChI is InChI=1S/C18H12F3N3OS/c1-9-10(2)26-17-14(9)16(25)23-15(24-17)12(8-22)6-11-4-3-5-13(7-11)18(19,20)21/h3-7H,1-2H3,(H,23,24,25). The summed E-state index contributed by atoms with van der Waals surface area (Å²) >= 11 is 1.33. The van der Waals surface area contributed by atoms with Crippen molar-refractivity contribution < 1.29 is 13.2 Å². The first-order valence-corrected chi connectivity index (χ1v) is 8.32. The van der Waals surface area contributed by atoms with Crippen molar-refractivity contribution in [3.8, 4) is 6.07 Å². The molecule has 0 aliphatic carbocycles. The van der Waals surface area contributed by atoms with Gasteiger partial charge in [-0.05, 0) is 43.2 Å². The molecule has 26 heavy (non-hydrogen) atoms. The zero-order valence-electron chi connectivity index (χ0n) is 13.7. The smallest absolute Gasteiger partial charge is 0.305 e. The van der Waals surface area contributed by atoms with Gasteiger partial charge in [-0.25, -0.2) is 4.98 Å². The van der Waals surface area contributed by atoms with Gasteiger partial charge < -0.3 is 4.98 Å². The van der Waals surface area contributed by atoms with Crippen LogP contribution in [-0.2, 0) is 6.18 Å². The van der Waals surface area contributed by atoms with Crippen LogP contribution >= 0.6 is 11.3 Å². The molecule has 8 heteroatoms. The zero-order chi connectivity index (χ0) is 19.1. The van der Waals surface area contributed by atoms with Crippen molar-refractivity contribution in [1.29, 1.82) is 5.26 Å². The molecule has 2 heterocycles. The summed E-state index contributed by atoms with van der Waals surface area (Å²) in [5.74, 6) is 0.0312. The van der Waals surface area contributed by atoms with E-state index in [9.17, 15) is 23.2 Å². The van der Waals surface area contributed by atoms with E-state index in [0.717, 1.165) is 22.6 Å². The van der Waals surface area contributed by atoms with Gasteiger partial charge in [0.25, 0.3) is 5.56 Å². The first-order valence-electron chi connectivity index (χ1n) is 7.50. The van der Waals surface area contributed by atoms with E-state index in [-0.39, 0.29) is 22.5 Å². The molecule has 0 unspecified atom stereocenters. The van der Waals surface area contributed by atoms with Gasteiger partial charge in [-0.2, -0.15) is 18.4 Å². The summed E-state index contributed by atoms with van der Waals surface area (Å²) in [5.41, 5.74) is -0.197. The number of aromatic amines is 1. The molecule has 0 spiro atoms. The summed E-state index contributed by atoms with van der Waals surface area (Å²) in [6.07, 6.45) is -3.21. The molecular weight excluding hydrogens is 363 g/mol. The third-order valence-corrected chi connectivity index (χ3v) is 5.04. The number of benzene rings is 1. The fourth-order valence-corrected chi connectivity index (χ4v) is 3.54. The third kappa shape index (κ3) is 3.26. The number of allylic oxidation sites excluding steroid dienone is 1. The van der Waals surface area contributed by atoms with Crippen molar-refractivity contribution in [2.45, 2.75) is 20.0 Å². The van der Waals surface area contributed by atoms with E-state index in [0.29, 0.717) is 10.2 Å². The van der Waals surface area contributed by atoms with Gasteiger partial charge in [0, 0.05) is 4.88 Å². The van der Waals surface area contributed by atoms with Crippen molar-refractivity contribution in [1.82, 2.24) is 9.97 Å². The number of nitrogens with zero attached hydrogens (tertiary/aromatic N) is 2. The second kappa shape index (κ2) is 6.42. The molecule has 0 saturated carbocycles. The second-order valence-electron chi connectivity index (χ2n) is 5.67. The van der Waals surface area contributed by atoms with Crippen LogP contribution in [0.25, 0.3) is 21.9 Å². The Morgan fingerprint density at radius 2 is 2.08 bits per heavy atom. The Kier molecular flexibility index (Phi) is 4.42. The number of aromatic nitrogens is 2. The Hall–Kier alpha value is -2.92. The first-order chi connectivity index (χ1) is 12.2. The van der Waals surface area contributed by atoms with Crippen LogP contribution in [0.5, 0.6) is 0 Å². The average molecular weight is 375 g/mol. The highest BCUT2D eigenvalue weighted by Gasteiger charge is 2.30. The number of fused-ring (bicyclic) bond motifs is 1. The largest absolute Gasteiger partial charge is 0.416 e. The maximum absolute atomic E-state index is 12.8. The SMILES string of the molecule is Cc1sc2nc(C(C#N)=Cc3cccc(C(F)(F)F)c3)[nH]c(=O)c2c1C. The molecule has 0 aliphatic heterocycles. The minimum Gasteiger partial charge on any atom is -0.305 e. The van der Waals surface area contributed by atoms with Crippen LogP contribution in [0.1, 0.15) is 27.4 Å². The van der Waals surface area contributed by atoms with Crippen molar-refractivity contribution >= 4 is 33.2 Å². The number of alkyl halides is 3. The van der Waals surface area contributed by atoms with E-state index in [2.05, 4.69) is 9.97 Å². The maximum atomic E-state index is 12.8. The molecule has 1 N–H and O–H groups in total. The molecule has 0 atom stereocenters. The normalized spacial score (nSPS) is 12.4. The number of hydrogen-bond donors (Lipinski definition) is 1. The van der Waals surface area contributed by atoms with Gasteiger partial charge in [0.15, 0.2) is 5.82 Å². The maximum Gasteiger partial charge on any atom is 0.416 e. The minimum atomic E-state index is -4.48. The Labute approximate surface area is 150 Å². The van der Waals surface area contributed by atoms with Crippen molar-refractivity contribution in [2.75, 3.05) is 0 Å². The van der Waals surface area contributed by atoms with E-state index in [1.165, 1.54) is 29.5 Å². The Bertz CT molecular complexity index is 1130. The van der Waals surface area contributed by atoms with E-state index >= 15 is 0 Å². The van der Waals surface area contributed by atoms with Crippen LogP contribution < -0.4 is 5.56 Å². The highest BCUT2D eigenvalue weighted by Crippen LogP contribution is 2.30. The average Bonchev–Trinajstić information content (AvgIpc) is 2.87. The van der Waals surface area contributed by atoms with Gasteiger partial charge in [-0.3, -0.25) is 4.79 Å². The van der Waals surface area contributed by atoms with Crippen LogP contribution in [0.15, 0.2) is 29.1 Å². The van der Waals surface area contributed by atoms with Crippen LogP contribution in [0.3, 0.4) is 0 Å². The number of nitrogens with one attached hydrogen (secondary N) is 1. The highest BCUT2D eigenvalue weighted by molar-refractivity contribution is 7.18. The van der Waals surface area contributed by atoms with Crippen molar-refractivity contribution in [2.24, 2.45) is 0 Å². The third-order valence-electron chi connectivity index (χ3n) is 3.94. The fraction of sp³-hybridized carbons (Fsp3) is 0.167. The predicted molar refractivity (Wildman–Crippen MR) is 94.6 cm³/mol. The van der Waals surface area contributed by atoms with E-state index < -0.39 is 11.7 Å². The van der Waals surface area contributed by atoms with Crippen LogP contribution in [0, 0.1) is 25.2 Å². The molecule has 1 aromatic carbocycles. The lowest BCUT2D eigenvalue weighted by molar-refractivity contribution is -0.137. The molecule has 0 aliphatic rings. The van der Waals surface area contributed by atoms with Crippen LogP contribution in [0.2, 0.25) is 0 Å². The number of rotatable bonds is 2. The van der Waals surface area contributed by atoms with Gasteiger partial charge >= 0.3 is 6.18 Å². The van der Waals surface area contributed by atoms with Gasteiger partial charge in [0.2, 0.25) is 0 Å². The van der Waals surface area contributed by atoms with Gasteiger partial charge in [0.05, 0.1) is 16.5 Å². The van der Waals surface area contributed by atoms with E-state index in [4.69, 9.17) is 0 Å². The number of nitriles is 1. The molecule has 0 fully saturated rings. The summed E-state index contributed by atoms with van der Waals surface area (Å²) in [6, 6.07) is 6.49. The molecule has 4 nitrogen and oxygen atoms in total. The molecule has 2 aromatic heterocycles. The predicted octanol–water partition coefficient (Wildman–Crippen LogP) is 4.68. The number of halogens is 3. The Morgan fingerprint density at radius 3 is 2.73 bits per heavy atom. The van der Waals surface area contributed by atoms with Crippen LogP contribution in [0.4, 0.5) is 13.2 Å². The summed E-state index contributed by atoms with van der Waals surface area (Å²) in [4.78, 5) is 20.6. The molecule has 3 rings (SSSR count). The number of aryl methyl sites for hydroxylation is 2. The minimum absolute atomic E-state index is 0.0213. The quantitative estimate of drug-likeness (QED) is 0.661. The van der Waals surface area contributed by atoms with Crippen molar-refractivity contribution in [3.05, 3.63) is 62.0 Å². The fourth-order valence-electron chi connectivity index (χ4n) is 2.51. The molecule has 0 bridgehead atoms. The van der Waals surface area contributed by atoms with Crippen molar-refractivity contribution in [3.63, 3.8) is 0 Å². The zero-order valence-corrected chi connectivity index (χ0v) is 14.5. The molecule has 3 aromatic rings. The summed E-state index contributed by atoms with van der Waals surface area (Å²) in [7, 11) is 0. The van der Waals surface area contributed by atoms with E-state index in [1.807, 2.05) is 19.9 Å².